The number of nitrogens with two attached hydrogens (primary N) is 1. The highest BCUT2D eigenvalue weighted by atomic mass is 15.1. The summed E-state index contributed by atoms with van der Waals surface area (Å²) >= 11 is 0. The van der Waals surface area contributed by atoms with Crippen molar-refractivity contribution >= 4 is 5.71 Å². The van der Waals surface area contributed by atoms with Gasteiger partial charge in [-0.25, -0.2) is 0 Å². The fourth-order valence-electron chi connectivity index (χ4n) is 3.04. The van der Waals surface area contributed by atoms with Gasteiger partial charge in [0.2, 0.25) is 0 Å². The molecule has 23 heavy (non-hydrogen) atoms. The van der Waals surface area contributed by atoms with Crippen LogP contribution in [0.4, 0.5) is 0 Å². The quantitative estimate of drug-likeness (QED) is 0.327. The fourth-order valence-corrected chi connectivity index (χ4v) is 3.04. The molecule has 0 unspecified atom stereocenters. The van der Waals surface area contributed by atoms with Crippen LogP contribution in [0.2, 0.25) is 0 Å². The first-order chi connectivity index (χ1) is 11.4. The molecule has 0 saturated heterocycles. The molecule has 0 aliphatic heterocycles. The minimum atomic E-state index is 0.809. The van der Waals surface area contributed by atoms with Gasteiger partial charge in [-0.15, -0.1) is 0 Å². The minimum absolute atomic E-state index is 0.809. The summed E-state index contributed by atoms with van der Waals surface area (Å²) in [4.78, 5) is 0. The summed E-state index contributed by atoms with van der Waals surface area (Å²) in [5, 5.41) is 4.09. The molecule has 0 aromatic rings. The molecular formula is C21H16N2. The molecule has 4 aliphatic rings. The van der Waals surface area contributed by atoms with Gasteiger partial charge in [0, 0.05) is 11.1 Å². The van der Waals surface area contributed by atoms with Gasteiger partial charge >= 0.3 is 0 Å². The second kappa shape index (κ2) is 5.58. The van der Waals surface area contributed by atoms with Gasteiger partial charge in [0.25, 0.3) is 0 Å². The summed E-state index contributed by atoms with van der Waals surface area (Å²) in [7, 11) is 0. The largest absolute Gasteiger partial charge is 0.323 e. The second-order valence-electron chi connectivity index (χ2n) is 5.56. The Kier molecular flexibility index (Phi) is 3.28. The van der Waals surface area contributed by atoms with Crippen LogP contribution in [-0.4, -0.2) is 5.71 Å². The first kappa shape index (κ1) is 13.5. The van der Waals surface area contributed by atoms with Crippen molar-refractivity contribution in [2.24, 2.45) is 10.9 Å². The molecule has 0 saturated carbocycles. The van der Waals surface area contributed by atoms with Gasteiger partial charge in [0.15, 0.2) is 0 Å². The van der Waals surface area contributed by atoms with Crippen molar-refractivity contribution < 1.29 is 0 Å². The zero-order chi connectivity index (χ0) is 15.6. The number of rotatable bonds is 2. The van der Waals surface area contributed by atoms with Crippen molar-refractivity contribution in [1.29, 1.82) is 0 Å². The van der Waals surface area contributed by atoms with Crippen LogP contribution < -0.4 is 5.84 Å². The standard InChI is InChI=1S/C21H16N2/c22-23-21(18-11-9-15-6-4-7-16(15)10-12-18)20-14-13-17-5-2-1-3-8-19(17)20/h1-14H,22H2. The van der Waals surface area contributed by atoms with Gasteiger partial charge in [-0.05, 0) is 22.3 Å². The molecule has 2 N–H and O–H groups in total. The van der Waals surface area contributed by atoms with E-state index in [1.165, 1.54) is 16.7 Å². The van der Waals surface area contributed by atoms with Crippen molar-refractivity contribution in [2.45, 2.75) is 0 Å². The van der Waals surface area contributed by atoms with E-state index in [1.54, 1.807) is 0 Å². The zero-order valence-corrected chi connectivity index (χ0v) is 12.6. The maximum absolute atomic E-state index is 5.75. The lowest BCUT2D eigenvalue weighted by molar-refractivity contribution is 1.24. The minimum Gasteiger partial charge on any atom is -0.323 e. The molecule has 0 aromatic carbocycles. The molecule has 0 spiro atoms. The number of hydrazone groups is 1. The monoisotopic (exact) mass is 296 g/mol. The topological polar surface area (TPSA) is 38.4 Å². The van der Waals surface area contributed by atoms with E-state index in [-0.39, 0.29) is 0 Å². The van der Waals surface area contributed by atoms with Crippen LogP contribution in [0.25, 0.3) is 22.3 Å². The molecule has 0 heterocycles. The highest BCUT2D eigenvalue weighted by Gasteiger charge is 2.15. The van der Waals surface area contributed by atoms with Crippen LogP contribution in [0, 0.1) is 0 Å². The Hall–Kier alpha value is -3.13. The van der Waals surface area contributed by atoms with Gasteiger partial charge in [0.05, 0.1) is 5.71 Å². The maximum atomic E-state index is 5.75. The summed E-state index contributed by atoms with van der Waals surface area (Å²) in [6, 6.07) is 29.2. The van der Waals surface area contributed by atoms with Crippen LogP contribution >= 0.6 is 0 Å². The van der Waals surface area contributed by atoms with E-state index < -0.39 is 0 Å². The predicted molar refractivity (Wildman–Crippen MR) is 96.0 cm³/mol. The Bertz CT molecular complexity index is 909. The Balaban J connectivity index is 1.87. The Morgan fingerprint density at radius 1 is 0.609 bits per heavy atom. The SMILES string of the molecule is NN=C(c1ccc2cccc-2cc1)c1ccc2cccccc1-2. The van der Waals surface area contributed by atoms with E-state index in [2.05, 4.69) is 71.8 Å². The molecule has 0 bridgehead atoms. The number of fused-ring (bicyclic) bond motifs is 2. The number of hydrogen-bond donors (Lipinski definition) is 1. The first-order valence-corrected chi connectivity index (χ1v) is 7.62. The Labute approximate surface area is 135 Å². The van der Waals surface area contributed by atoms with Crippen molar-refractivity contribution in [3.8, 4) is 22.3 Å². The van der Waals surface area contributed by atoms with Crippen molar-refractivity contribution in [3.05, 3.63) is 96.1 Å². The van der Waals surface area contributed by atoms with Crippen LogP contribution in [0.3, 0.4) is 0 Å². The van der Waals surface area contributed by atoms with Gasteiger partial charge in [-0.3, -0.25) is 0 Å². The lowest BCUT2D eigenvalue weighted by Crippen LogP contribution is -2.05. The average Bonchev–Trinajstić information content (AvgIpc) is 3.04. The van der Waals surface area contributed by atoms with Crippen LogP contribution in [0.1, 0.15) is 11.1 Å². The van der Waals surface area contributed by atoms with E-state index in [0.717, 1.165) is 22.4 Å². The smallest absolute Gasteiger partial charge is 0.0977 e. The van der Waals surface area contributed by atoms with Gasteiger partial charge in [-0.1, -0.05) is 84.9 Å². The van der Waals surface area contributed by atoms with Gasteiger partial charge in [0.1, 0.15) is 0 Å². The lowest BCUT2D eigenvalue weighted by Gasteiger charge is -2.05. The molecule has 0 fully saturated rings. The van der Waals surface area contributed by atoms with E-state index >= 15 is 0 Å². The van der Waals surface area contributed by atoms with Gasteiger partial charge < -0.3 is 5.84 Å². The second-order valence-corrected chi connectivity index (χ2v) is 5.56. The van der Waals surface area contributed by atoms with Gasteiger partial charge in [-0.2, -0.15) is 5.10 Å². The molecule has 2 heteroatoms. The summed E-state index contributed by atoms with van der Waals surface area (Å²) in [6.07, 6.45) is 0. The molecule has 2 nitrogen and oxygen atoms in total. The molecule has 0 radical (unpaired) electrons. The highest BCUT2D eigenvalue weighted by molar-refractivity contribution is 6.17. The molecular weight excluding hydrogens is 280 g/mol. The first-order valence-electron chi connectivity index (χ1n) is 7.62. The van der Waals surface area contributed by atoms with Crippen molar-refractivity contribution in [3.63, 3.8) is 0 Å². The Morgan fingerprint density at radius 2 is 1.26 bits per heavy atom. The molecule has 0 amide bonds. The summed E-state index contributed by atoms with van der Waals surface area (Å²) in [6.45, 7) is 0. The summed E-state index contributed by atoms with van der Waals surface area (Å²) < 4.78 is 0. The third-order valence-electron chi connectivity index (χ3n) is 4.22. The molecule has 4 rings (SSSR count). The van der Waals surface area contributed by atoms with Crippen LogP contribution in [0.5, 0.6) is 0 Å². The van der Waals surface area contributed by atoms with Crippen molar-refractivity contribution in [1.82, 2.24) is 0 Å². The predicted octanol–water partition coefficient (Wildman–Crippen LogP) is 4.61. The van der Waals surface area contributed by atoms with Crippen molar-refractivity contribution in [2.75, 3.05) is 0 Å². The zero-order valence-electron chi connectivity index (χ0n) is 12.6. The summed E-state index contributed by atoms with van der Waals surface area (Å²) in [5.74, 6) is 5.75. The molecule has 0 atom stereocenters. The van der Waals surface area contributed by atoms with E-state index in [4.69, 9.17) is 5.84 Å². The molecule has 4 aliphatic carbocycles. The number of hydrogen-bond acceptors (Lipinski definition) is 2. The molecule has 0 aromatic heterocycles. The third kappa shape index (κ3) is 2.34. The number of nitrogens with zero attached hydrogens (tertiary/aromatic N) is 1. The average molecular weight is 296 g/mol. The molecule has 110 valence electrons. The maximum Gasteiger partial charge on any atom is 0.0977 e. The third-order valence-corrected chi connectivity index (χ3v) is 4.22. The lowest BCUT2D eigenvalue weighted by atomic mass is 10.0. The fraction of sp³-hybridized carbons (Fsp3) is 0. The van der Waals surface area contributed by atoms with E-state index in [1.807, 2.05) is 18.2 Å². The summed E-state index contributed by atoms with van der Waals surface area (Å²) in [5.41, 5.74) is 7.66. The van der Waals surface area contributed by atoms with E-state index in [0.29, 0.717) is 0 Å². The highest BCUT2D eigenvalue weighted by Crippen LogP contribution is 2.29. The van der Waals surface area contributed by atoms with Crippen LogP contribution in [-0.2, 0) is 0 Å². The normalized spacial score (nSPS) is 11.9. The van der Waals surface area contributed by atoms with E-state index in [9.17, 15) is 0 Å². The Morgan fingerprint density at radius 3 is 2.00 bits per heavy atom. The van der Waals surface area contributed by atoms with Crippen LogP contribution in [0.15, 0.2) is 90.0 Å².